The topological polar surface area (TPSA) is 94.7 Å². The van der Waals surface area contributed by atoms with E-state index in [-0.39, 0.29) is 11.8 Å². The Kier molecular flexibility index (Phi) is 2.88. The number of hydrogen-bond acceptors (Lipinski definition) is 4. The Morgan fingerprint density at radius 1 is 0.808 bits per heavy atom. The van der Waals surface area contributed by atoms with Crippen LogP contribution in [0.3, 0.4) is 0 Å². The molecule has 0 saturated heterocycles. The van der Waals surface area contributed by atoms with Gasteiger partial charge in [0.15, 0.2) is 0 Å². The van der Waals surface area contributed by atoms with Crippen LogP contribution in [0.4, 0.5) is 0 Å². The maximum absolute atomic E-state index is 12.9. The van der Waals surface area contributed by atoms with Crippen molar-refractivity contribution in [2.45, 2.75) is 0 Å². The van der Waals surface area contributed by atoms with E-state index in [0.29, 0.717) is 33.6 Å². The van der Waals surface area contributed by atoms with E-state index in [0.717, 1.165) is 15.7 Å². The number of carbonyl (C=O) groups is 2. The fraction of sp³-hybridized carbons (Fsp3) is 0.0526. The largest absolute Gasteiger partial charge is 0.346 e. The summed E-state index contributed by atoms with van der Waals surface area (Å²) in [6.45, 7) is 0. The van der Waals surface area contributed by atoms with E-state index in [1.54, 1.807) is 36.9 Å². The van der Waals surface area contributed by atoms with Crippen molar-refractivity contribution in [3.8, 4) is 0 Å². The van der Waals surface area contributed by atoms with Crippen LogP contribution in [0.5, 0.6) is 0 Å². The highest BCUT2D eigenvalue weighted by molar-refractivity contribution is 6.50. The molecule has 0 radical (unpaired) electrons. The number of pyridine rings is 2. The smallest absolute Gasteiger partial charge is 0.261 e. The molecule has 0 saturated carbocycles. The molecular weight excluding hydrogens is 330 g/mol. The number of H-pyrrole nitrogens is 2. The lowest BCUT2D eigenvalue weighted by molar-refractivity contribution is -0.134. The van der Waals surface area contributed by atoms with Gasteiger partial charge >= 0.3 is 0 Å². The van der Waals surface area contributed by atoms with Crippen LogP contribution in [-0.4, -0.2) is 43.7 Å². The summed E-state index contributed by atoms with van der Waals surface area (Å²) in [6, 6.07) is 7.37. The number of hydrogen-bond donors (Lipinski definition) is 2. The summed E-state index contributed by atoms with van der Waals surface area (Å²) < 4.78 is 0. The molecule has 0 aromatic carbocycles. The predicted molar refractivity (Wildman–Crippen MR) is 96.8 cm³/mol. The van der Waals surface area contributed by atoms with Crippen molar-refractivity contribution in [3.05, 3.63) is 60.2 Å². The summed E-state index contributed by atoms with van der Waals surface area (Å²) in [5, 5.41) is 1.60. The van der Waals surface area contributed by atoms with Crippen LogP contribution in [0.15, 0.2) is 49.1 Å². The molecule has 0 spiro atoms. The third-order valence-corrected chi connectivity index (χ3v) is 4.73. The van der Waals surface area contributed by atoms with Gasteiger partial charge in [0.1, 0.15) is 11.3 Å². The van der Waals surface area contributed by atoms with E-state index in [9.17, 15) is 9.59 Å². The summed E-state index contributed by atoms with van der Waals surface area (Å²) in [7, 11) is 1.50. The molecular formula is C19H13N5O2. The maximum atomic E-state index is 12.9. The van der Waals surface area contributed by atoms with Gasteiger partial charge in [-0.25, -0.2) is 9.97 Å². The Bertz CT molecular complexity index is 1150. The fourth-order valence-electron chi connectivity index (χ4n) is 3.47. The van der Waals surface area contributed by atoms with Crippen molar-refractivity contribution >= 4 is 45.0 Å². The van der Waals surface area contributed by atoms with Crippen molar-refractivity contribution in [1.29, 1.82) is 0 Å². The minimum atomic E-state index is -0.326. The lowest BCUT2D eigenvalue weighted by Crippen LogP contribution is -2.26. The first-order valence-corrected chi connectivity index (χ1v) is 8.08. The van der Waals surface area contributed by atoms with Crippen LogP contribution in [0, 0.1) is 0 Å². The highest BCUT2D eigenvalue weighted by atomic mass is 16.2. The normalized spacial score (nSPS) is 15.0. The van der Waals surface area contributed by atoms with Crippen molar-refractivity contribution in [2.24, 2.45) is 0 Å². The standard InChI is InChI=1S/C19H13N5O2/c1-24-18(25)14(12-8-22-16-10(12)4-2-6-20-16)15(19(24)26)13-9-23-17-11(13)5-3-7-21-17/h2-9H,1H3,(H,20,22)(H,21,23). The number of imide groups is 1. The lowest BCUT2D eigenvalue weighted by Gasteiger charge is -2.06. The van der Waals surface area contributed by atoms with Crippen LogP contribution in [0.1, 0.15) is 11.1 Å². The monoisotopic (exact) mass is 343 g/mol. The van der Waals surface area contributed by atoms with E-state index >= 15 is 0 Å². The third-order valence-electron chi connectivity index (χ3n) is 4.73. The summed E-state index contributed by atoms with van der Waals surface area (Å²) in [6.07, 6.45) is 6.81. The molecule has 0 unspecified atom stereocenters. The van der Waals surface area contributed by atoms with Gasteiger partial charge in [0.05, 0.1) is 11.1 Å². The predicted octanol–water partition coefficient (Wildman–Crippen LogP) is 2.35. The zero-order valence-electron chi connectivity index (χ0n) is 13.8. The second kappa shape index (κ2) is 5.13. The summed E-state index contributed by atoms with van der Waals surface area (Å²) >= 11 is 0. The van der Waals surface area contributed by atoms with E-state index in [2.05, 4.69) is 19.9 Å². The quantitative estimate of drug-likeness (QED) is 0.546. The summed E-state index contributed by atoms with van der Waals surface area (Å²) in [5.41, 5.74) is 3.44. The SMILES string of the molecule is CN1C(=O)C(c2c[nH]c3ncccc23)=C(c2c[nH]c3ncccc23)C1=O. The number of aromatic nitrogens is 4. The first-order valence-electron chi connectivity index (χ1n) is 8.08. The van der Waals surface area contributed by atoms with E-state index < -0.39 is 0 Å². The lowest BCUT2D eigenvalue weighted by atomic mass is 9.96. The van der Waals surface area contributed by atoms with E-state index in [1.807, 2.05) is 12.1 Å². The minimum absolute atomic E-state index is 0.326. The number of fused-ring (bicyclic) bond motifs is 2. The van der Waals surface area contributed by atoms with Crippen molar-refractivity contribution in [3.63, 3.8) is 0 Å². The number of carbonyl (C=O) groups excluding carboxylic acids is 2. The number of amides is 2. The van der Waals surface area contributed by atoms with Gasteiger partial charge in [-0.3, -0.25) is 14.5 Å². The van der Waals surface area contributed by atoms with Crippen LogP contribution in [0.2, 0.25) is 0 Å². The Labute approximate surface area is 147 Å². The number of rotatable bonds is 2. The molecule has 4 aromatic rings. The van der Waals surface area contributed by atoms with Crippen molar-refractivity contribution in [2.75, 3.05) is 7.05 Å². The number of nitrogens with zero attached hydrogens (tertiary/aromatic N) is 3. The zero-order chi connectivity index (χ0) is 17.8. The summed E-state index contributed by atoms with van der Waals surface area (Å²) in [4.78, 5) is 41.6. The Balaban J connectivity index is 1.86. The molecule has 7 nitrogen and oxygen atoms in total. The molecule has 1 aliphatic heterocycles. The van der Waals surface area contributed by atoms with Crippen molar-refractivity contribution in [1.82, 2.24) is 24.8 Å². The van der Waals surface area contributed by atoms with E-state index in [4.69, 9.17) is 0 Å². The highest BCUT2D eigenvalue weighted by Crippen LogP contribution is 2.39. The summed E-state index contributed by atoms with van der Waals surface area (Å²) in [5.74, 6) is -0.652. The van der Waals surface area contributed by atoms with Crippen molar-refractivity contribution < 1.29 is 9.59 Å². The number of nitrogens with one attached hydrogen (secondary N) is 2. The third kappa shape index (κ3) is 1.82. The Morgan fingerprint density at radius 2 is 1.27 bits per heavy atom. The van der Waals surface area contributed by atoms with Gasteiger partial charge in [-0.2, -0.15) is 0 Å². The van der Waals surface area contributed by atoms with Crippen LogP contribution >= 0.6 is 0 Å². The van der Waals surface area contributed by atoms with Gasteiger partial charge < -0.3 is 9.97 Å². The highest BCUT2D eigenvalue weighted by Gasteiger charge is 2.39. The molecule has 0 aliphatic carbocycles. The Morgan fingerprint density at radius 3 is 1.73 bits per heavy atom. The minimum Gasteiger partial charge on any atom is -0.346 e. The maximum Gasteiger partial charge on any atom is 0.261 e. The molecule has 126 valence electrons. The molecule has 0 atom stereocenters. The van der Waals surface area contributed by atoms with Crippen LogP contribution in [-0.2, 0) is 9.59 Å². The number of aromatic amines is 2. The molecule has 0 bridgehead atoms. The molecule has 5 heterocycles. The molecule has 0 fully saturated rings. The molecule has 4 aromatic heterocycles. The molecule has 7 heteroatoms. The molecule has 26 heavy (non-hydrogen) atoms. The van der Waals surface area contributed by atoms with Crippen LogP contribution in [0.25, 0.3) is 33.2 Å². The number of likely N-dealkylation sites (N-methyl/N-ethyl adjacent to an activating group) is 1. The molecule has 5 rings (SSSR count). The van der Waals surface area contributed by atoms with Gasteiger partial charge in [-0.1, -0.05) is 0 Å². The molecule has 2 N–H and O–H groups in total. The van der Waals surface area contributed by atoms with Gasteiger partial charge in [0, 0.05) is 53.7 Å². The molecule has 2 amide bonds. The van der Waals surface area contributed by atoms with E-state index in [1.165, 1.54) is 7.05 Å². The first-order chi connectivity index (χ1) is 12.7. The van der Waals surface area contributed by atoms with Gasteiger partial charge in [-0.15, -0.1) is 0 Å². The zero-order valence-corrected chi connectivity index (χ0v) is 13.8. The average Bonchev–Trinajstić information content (AvgIpc) is 3.33. The van der Waals surface area contributed by atoms with Gasteiger partial charge in [-0.05, 0) is 24.3 Å². The van der Waals surface area contributed by atoms with Crippen LogP contribution < -0.4 is 0 Å². The van der Waals surface area contributed by atoms with Gasteiger partial charge in [0.2, 0.25) is 0 Å². The molecule has 1 aliphatic rings. The second-order valence-electron chi connectivity index (χ2n) is 6.12. The first kappa shape index (κ1) is 14.6. The van der Waals surface area contributed by atoms with Gasteiger partial charge in [0.25, 0.3) is 11.8 Å². The fourth-order valence-corrected chi connectivity index (χ4v) is 3.47. The average molecular weight is 343 g/mol. The Hall–Kier alpha value is -3.74. The second-order valence-corrected chi connectivity index (χ2v) is 6.12.